The van der Waals surface area contributed by atoms with Crippen molar-refractivity contribution < 1.29 is 14.3 Å². The highest BCUT2D eigenvalue weighted by molar-refractivity contribution is 14.1. The zero-order valence-electron chi connectivity index (χ0n) is 9.33. The number of alkyl halides is 1. The van der Waals surface area contributed by atoms with Gasteiger partial charge in [-0.1, -0.05) is 15.9 Å². The largest absolute Gasteiger partial charge is 0.462 e. The number of rotatable bonds is 5. The van der Waals surface area contributed by atoms with E-state index in [-0.39, 0.29) is 5.78 Å². The Labute approximate surface area is 122 Å². The van der Waals surface area contributed by atoms with E-state index >= 15 is 0 Å². The second kappa shape index (κ2) is 7.10. The lowest BCUT2D eigenvalue weighted by atomic mass is 10.0. The minimum absolute atomic E-state index is 0.0524. The van der Waals surface area contributed by atoms with Crippen molar-refractivity contribution in [2.45, 2.75) is 13.3 Å². The van der Waals surface area contributed by atoms with Crippen LogP contribution in [0.3, 0.4) is 0 Å². The Bertz CT molecular complexity index is 432. The maximum Gasteiger partial charge on any atom is 0.338 e. The Kier molecular flexibility index (Phi) is 6.11. The Morgan fingerprint density at radius 2 is 2.06 bits per heavy atom. The maximum atomic E-state index is 11.9. The molecule has 17 heavy (non-hydrogen) atoms. The Morgan fingerprint density at radius 1 is 1.35 bits per heavy atom. The number of ether oxygens (including phenoxy) is 1. The molecule has 0 amide bonds. The molecule has 0 aliphatic heterocycles. The molecule has 0 aliphatic rings. The summed E-state index contributed by atoms with van der Waals surface area (Å²) in [5.41, 5.74) is 0.785. The van der Waals surface area contributed by atoms with Gasteiger partial charge in [-0.3, -0.25) is 4.79 Å². The van der Waals surface area contributed by atoms with Gasteiger partial charge in [0.2, 0.25) is 0 Å². The number of carbonyl (C=O) groups excluding carboxylic acids is 2. The van der Waals surface area contributed by atoms with Crippen LogP contribution in [0.25, 0.3) is 0 Å². The summed E-state index contributed by atoms with van der Waals surface area (Å²) < 4.78 is 5.86. The topological polar surface area (TPSA) is 43.4 Å². The molecule has 0 radical (unpaired) electrons. The van der Waals surface area contributed by atoms with Gasteiger partial charge >= 0.3 is 5.97 Å². The average molecular weight is 411 g/mol. The zero-order valence-corrected chi connectivity index (χ0v) is 13.1. The van der Waals surface area contributed by atoms with Crippen LogP contribution >= 0.6 is 38.5 Å². The molecular formula is C12H12BrIO3. The lowest BCUT2D eigenvalue weighted by molar-refractivity contribution is 0.0523. The van der Waals surface area contributed by atoms with E-state index in [1.165, 1.54) is 0 Å². The van der Waals surface area contributed by atoms with Gasteiger partial charge in [-0.05, 0) is 47.7 Å². The number of carbonyl (C=O) groups is 2. The third-order valence-corrected chi connectivity index (χ3v) is 3.17. The predicted octanol–water partition coefficient (Wildman–Crippen LogP) is 3.44. The highest BCUT2D eigenvalue weighted by Gasteiger charge is 2.17. The molecule has 0 aromatic heterocycles. The van der Waals surface area contributed by atoms with Crippen molar-refractivity contribution >= 4 is 50.3 Å². The molecular weight excluding hydrogens is 399 g/mol. The molecule has 0 unspecified atom stereocenters. The molecule has 0 fully saturated rings. The molecule has 1 aromatic carbocycles. The van der Waals surface area contributed by atoms with Crippen LogP contribution in [0, 0.1) is 3.57 Å². The lowest BCUT2D eigenvalue weighted by Crippen LogP contribution is -2.12. The fourth-order valence-electron chi connectivity index (χ4n) is 1.35. The van der Waals surface area contributed by atoms with Gasteiger partial charge in [0.25, 0.3) is 0 Å². The first kappa shape index (κ1) is 14.6. The fourth-order valence-corrected chi connectivity index (χ4v) is 2.21. The molecule has 0 heterocycles. The maximum absolute atomic E-state index is 11.9. The van der Waals surface area contributed by atoms with Crippen molar-refractivity contribution in [1.29, 1.82) is 0 Å². The van der Waals surface area contributed by atoms with Crippen LogP contribution in [0.2, 0.25) is 0 Å². The molecule has 0 aliphatic carbocycles. The number of ketones is 1. The second-order valence-electron chi connectivity index (χ2n) is 3.27. The highest BCUT2D eigenvalue weighted by Crippen LogP contribution is 2.17. The Hall–Kier alpha value is -0.430. The van der Waals surface area contributed by atoms with Crippen molar-refractivity contribution in [2.24, 2.45) is 0 Å². The van der Waals surface area contributed by atoms with Gasteiger partial charge in [0, 0.05) is 20.9 Å². The summed E-state index contributed by atoms with van der Waals surface area (Å²) in [6, 6.07) is 5.15. The normalized spacial score (nSPS) is 10.1. The molecule has 3 nitrogen and oxygen atoms in total. The van der Waals surface area contributed by atoms with Crippen molar-refractivity contribution in [3.05, 3.63) is 32.9 Å². The van der Waals surface area contributed by atoms with Gasteiger partial charge in [-0.15, -0.1) is 0 Å². The van der Waals surface area contributed by atoms with Gasteiger partial charge in [-0.2, -0.15) is 0 Å². The molecule has 1 aromatic rings. The van der Waals surface area contributed by atoms with E-state index in [1.54, 1.807) is 25.1 Å². The van der Waals surface area contributed by atoms with Crippen LogP contribution in [0.4, 0.5) is 0 Å². The second-order valence-corrected chi connectivity index (χ2v) is 5.31. The van der Waals surface area contributed by atoms with Crippen molar-refractivity contribution in [2.75, 3.05) is 11.9 Å². The third kappa shape index (κ3) is 4.06. The van der Waals surface area contributed by atoms with E-state index in [0.717, 1.165) is 3.57 Å². The van der Waals surface area contributed by atoms with Crippen molar-refractivity contribution in [1.82, 2.24) is 0 Å². The van der Waals surface area contributed by atoms with Gasteiger partial charge in [0.15, 0.2) is 5.78 Å². The van der Waals surface area contributed by atoms with Crippen LogP contribution in [0.5, 0.6) is 0 Å². The number of hydrogen-bond acceptors (Lipinski definition) is 3. The summed E-state index contributed by atoms with van der Waals surface area (Å²) in [6.45, 7) is 2.04. The Balaban J connectivity index is 3.11. The summed E-state index contributed by atoms with van der Waals surface area (Å²) in [5.74, 6) is -0.495. The molecule has 0 spiro atoms. The number of hydrogen-bond donors (Lipinski definition) is 0. The quantitative estimate of drug-likeness (QED) is 0.323. The van der Waals surface area contributed by atoms with Gasteiger partial charge < -0.3 is 4.74 Å². The minimum atomic E-state index is -0.443. The molecule has 0 saturated heterocycles. The first-order chi connectivity index (χ1) is 8.10. The molecule has 0 bridgehead atoms. The minimum Gasteiger partial charge on any atom is -0.462 e. The first-order valence-corrected chi connectivity index (χ1v) is 7.36. The van der Waals surface area contributed by atoms with E-state index in [1.807, 2.05) is 0 Å². The smallest absolute Gasteiger partial charge is 0.338 e. The molecule has 0 atom stereocenters. The monoisotopic (exact) mass is 410 g/mol. The predicted molar refractivity (Wildman–Crippen MR) is 77.9 cm³/mol. The molecule has 1 rings (SSSR count). The van der Waals surface area contributed by atoms with Crippen LogP contribution in [0.15, 0.2) is 18.2 Å². The summed E-state index contributed by atoms with van der Waals surface area (Å²) in [6.07, 6.45) is 0.368. The Morgan fingerprint density at radius 3 is 2.65 bits per heavy atom. The van der Waals surface area contributed by atoms with Crippen molar-refractivity contribution in [3.8, 4) is 0 Å². The molecule has 0 N–H and O–H groups in total. The summed E-state index contributed by atoms with van der Waals surface area (Å²) >= 11 is 5.33. The van der Waals surface area contributed by atoms with E-state index < -0.39 is 5.97 Å². The van der Waals surface area contributed by atoms with E-state index in [0.29, 0.717) is 29.5 Å². The highest BCUT2D eigenvalue weighted by atomic mass is 127. The van der Waals surface area contributed by atoms with E-state index in [4.69, 9.17) is 4.74 Å². The molecule has 92 valence electrons. The van der Waals surface area contributed by atoms with Crippen LogP contribution in [-0.4, -0.2) is 23.7 Å². The standard InChI is InChI=1S/C12H12BrIO3/c1-2-17-12(16)9-4-3-8(14)7-10(9)11(15)5-6-13/h3-4,7H,2,5-6H2,1H3. The number of Topliss-reactive ketones (excluding diaryl/α,β-unsaturated/α-hetero) is 1. The van der Waals surface area contributed by atoms with E-state index in [9.17, 15) is 9.59 Å². The fraction of sp³-hybridized carbons (Fsp3) is 0.333. The van der Waals surface area contributed by atoms with Crippen LogP contribution < -0.4 is 0 Å². The average Bonchev–Trinajstić information content (AvgIpc) is 2.29. The summed E-state index contributed by atoms with van der Waals surface area (Å²) in [7, 11) is 0. The summed E-state index contributed by atoms with van der Waals surface area (Å²) in [4.78, 5) is 23.6. The number of halogens is 2. The molecule has 0 saturated carbocycles. The third-order valence-electron chi connectivity index (χ3n) is 2.10. The van der Waals surface area contributed by atoms with E-state index in [2.05, 4.69) is 38.5 Å². The number of benzene rings is 1. The van der Waals surface area contributed by atoms with Crippen LogP contribution in [0.1, 0.15) is 34.1 Å². The van der Waals surface area contributed by atoms with Gasteiger partial charge in [-0.25, -0.2) is 4.79 Å². The number of esters is 1. The molecule has 5 heteroatoms. The lowest BCUT2D eigenvalue weighted by Gasteiger charge is -2.08. The zero-order chi connectivity index (χ0) is 12.8. The van der Waals surface area contributed by atoms with Crippen LogP contribution in [-0.2, 0) is 4.74 Å². The first-order valence-electron chi connectivity index (χ1n) is 5.16. The van der Waals surface area contributed by atoms with Gasteiger partial charge in [0.05, 0.1) is 12.2 Å². The summed E-state index contributed by atoms with van der Waals surface area (Å²) in [5, 5.41) is 0.583. The SMILES string of the molecule is CCOC(=O)c1ccc(I)cc1C(=O)CCBr. The van der Waals surface area contributed by atoms with Gasteiger partial charge in [0.1, 0.15) is 0 Å². The van der Waals surface area contributed by atoms with Crippen molar-refractivity contribution in [3.63, 3.8) is 0 Å².